The number of carbonyl (C=O) groups is 1. The van der Waals surface area contributed by atoms with E-state index in [-0.39, 0.29) is 10.8 Å². The minimum absolute atomic E-state index is 0.160. The van der Waals surface area contributed by atoms with Crippen LogP contribution in [0.5, 0.6) is 0 Å². The fourth-order valence-corrected chi connectivity index (χ4v) is 8.05. The normalized spacial score (nSPS) is 14.8. The predicted octanol–water partition coefficient (Wildman–Crippen LogP) is 11.2. The van der Waals surface area contributed by atoms with Gasteiger partial charge in [-0.3, -0.25) is 0 Å². The molecule has 3 heteroatoms. The molecule has 0 aliphatic heterocycles. The molecule has 0 saturated carbocycles. The lowest BCUT2D eigenvalue weighted by atomic mass is 9.81. The molecule has 0 heterocycles. The van der Waals surface area contributed by atoms with Crippen LogP contribution in [0.2, 0.25) is 0 Å². The van der Waals surface area contributed by atoms with Gasteiger partial charge in [-0.15, -0.1) is 0 Å². The quantitative estimate of drug-likeness (QED) is 0.219. The third-order valence-electron chi connectivity index (χ3n) is 10.5. The van der Waals surface area contributed by atoms with Crippen molar-refractivity contribution in [3.8, 4) is 22.3 Å². The van der Waals surface area contributed by atoms with Crippen LogP contribution < -0.4 is 4.90 Å². The summed E-state index contributed by atoms with van der Waals surface area (Å²) in [7, 11) is 0. The van der Waals surface area contributed by atoms with E-state index in [0.29, 0.717) is 5.56 Å². The van der Waals surface area contributed by atoms with Crippen molar-refractivity contribution in [2.45, 2.75) is 52.4 Å². The average Bonchev–Trinajstić information content (AvgIpc) is 3.39. The molecular formula is C43H37NO2. The van der Waals surface area contributed by atoms with Crippen molar-refractivity contribution in [2.24, 2.45) is 0 Å². The van der Waals surface area contributed by atoms with E-state index >= 15 is 0 Å². The van der Waals surface area contributed by atoms with E-state index in [4.69, 9.17) is 0 Å². The first kappa shape index (κ1) is 28.3. The number of carboxylic acid groups (broad SMARTS) is 1. The molecule has 8 rings (SSSR count). The number of aryl methyl sites for hydroxylation is 2. The number of rotatable bonds is 4. The molecule has 0 aromatic heterocycles. The molecule has 0 fully saturated rings. The molecule has 0 amide bonds. The Labute approximate surface area is 270 Å². The highest BCUT2D eigenvalue weighted by Crippen LogP contribution is 2.53. The van der Waals surface area contributed by atoms with Crippen molar-refractivity contribution >= 4 is 33.8 Å². The fraction of sp³-hybridized carbons (Fsp3) is 0.186. The van der Waals surface area contributed by atoms with Gasteiger partial charge >= 0.3 is 5.97 Å². The second-order valence-corrected chi connectivity index (χ2v) is 14.1. The smallest absolute Gasteiger partial charge is 0.336 e. The third-order valence-corrected chi connectivity index (χ3v) is 10.5. The van der Waals surface area contributed by atoms with Gasteiger partial charge in [-0.1, -0.05) is 112 Å². The second kappa shape index (κ2) is 9.67. The Morgan fingerprint density at radius 2 is 0.978 bits per heavy atom. The second-order valence-electron chi connectivity index (χ2n) is 14.1. The first-order chi connectivity index (χ1) is 22.0. The molecule has 6 aromatic rings. The number of hydrogen-bond acceptors (Lipinski definition) is 2. The highest BCUT2D eigenvalue weighted by molar-refractivity contribution is 6.09. The number of carboxylic acids is 1. The van der Waals surface area contributed by atoms with Crippen molar-refractivity contribution in [1.29, 1.82) is 0 Å². The Morgan fingerprint density at radius 1 is 0.543 bits per heavy atom. The number of fused-ring (bicyclic) bond motifs is 7. The highest BCUT2D eigenvalue weighted by atomic mass is 16.4. The maximum absolute atomic E-state index is 12.3. The van der Waals surface area contributed by atoms with Crippen molar-refractivity contribution < 1.29 is 9.90 Å². The van der Waals surface area contributed by atoms with E-state index in [0.717, 1.165) is 27.8 Å². The van der Waals surface area contributed by atoms with E-state index in [9.17, 15) is 9.90 Å². The molecule has 0 spiro atoms. The van der Waals surface area contributed by atoms with Crippen molar-refractivity contribution in [3.05, 3.63) is 148 Å². The molecule has 2 aliphatic carbocycles. The third kappa shape index (κ3) is 3.94. The van der Waals surface area contributed by atoms with Crippen molar-refractivity contribution in [1.82, 2.24) is 0 Å². The predicted molar refractivity (Wildman–Crippen MR) is 190 cm³/mol. The first-order valence-electron chi connectivity index (χ1n) is 16.0. The molecule has 3 nitrogen and oxygen atoms in total. The molecule has 6 aromatic carbocycles. The summed E-state index contributed by atoms with van der Waals surface area (Å²) in [5, 5.41) is 11.7. The first-order valence-corrected chi connectivity index (χ1v) is 16.0. The zero-order valence-corrected chi connectivity index (χ0v) is 27.2. The van der Waals surface area contributed by atoms with E-state index in [1.807, 2.05) is 30.3 Å². The van der Waals surface area contributed by atoms with Crippen LogP contribution in [-0.4, -0.2) is 11.1 Å². The highest BCUT2D eigenvalue weighted by Gasteiger charge is 2.38. The summed E-state index contributed by atoms with van der Waals surface area (Å²) in [5.74, 6) is -0.922. The number of hydrogen-bond donors (Lipinski definition) is 1. The Bertz CT molecular complexity index is 2160. The van der Waals surface area contributed by atoms with Crippen LogP contribution in [0, 0.1) is 13.8 Å². The van der Waals surface area contributed by atoms with Crippen LogP contribution >= 0.6 is 0 Å². The number of aromatic carboxylic acids is 1. The van der Waals surface area contributed by atoms with Gasteiger partial charge in [0.05, 0.1) is 11.3 Å². The van der Waals surface area contributed by atoms with Crippen LogP contribution in [0.3, 0.4) is 0 Å². The van der Waals surface area contributed by atoms with E-state index in [1.54, 1.807) is 6.07 Å². The van der Waals surface area contributed by atoms with E-state index in [2.05, 4.69) is 119 Å². The molecule has 0 atom stereocenters. The summed E-state index contributed by atoms with van der Waals surface area (Å²) in [5.41, 5.74) is 16.0. The van der Waals surface area contributed by atoms with Gasteiger partial charge in [0.2, 0.25) is 0 Å². The summed E-state index contributed by atoms with van der Waals surface area (Å²) in [4.78, 5) is 14.6. The Kier molecular flexibility index (Phi) is 5.96. The topological polar surface area (TPSA) is 40.5 Å². The van der Waals surface area contributed by atoms with Gasteiger partial charge in [-0.2, -0.15) is 0 Å². The maximum atomic E-state index is 12.3. The molecule has 0 bridgehead atoms. The summed E-state index contributed by atoms with van der Waals surface area (Å²) in [6, 6.07) is 38.8. The average molecular weight is 600 g/mol. The van der Waals surface area contributed by atoms with Crippen LogP contribution in [0.4, 0.5) is 17.1 Å². The molecule has 46 heavy (non-hydrogen) atoms. The van der Waals surface area contributed by atoms with E-state index < -0.39 is 5.97 Å². The lowest BCUT2D eigenvalue weighted by molar-refractivity contribution is 0.0699. The SMILES string of the molecule is Cc1ccc2c(c1)C(C)(C)c1cc(N(c3ccc4c(c3)C(C)(C)c3cc(C)ccc3-4)c3ccc(C(=O)O)c4ccccc34)ccc1-2. The molecule has 0 unspecified atom stereocenters. The van der Waals surface area contributed by atoms with Crippen LogP contribution in [0.25, 0.3) is 33.0 Å². The minimum atomic E-state index is -0.922. The van der Waals surface area contributed by atoms with Crippen LogP contribution in [0.1, 0.15) is 71.4 Å². The summed E-state index contributed by atoms with van der Waals surface area (Å²) < 4.78 is 0. The fourth-order valence-electron chi connectivity index (χ4n) is 8.05. The lowest BCUT2D eigenvalue weighted by Gasteiger charge is -2.30. The summed E-state index contributed by atoms with van der Waals surface area (Å²) in [6.45, 7) is 13.6. The van der Waals surface area contributed by atoms with Gasteiger partial charge in [-0.25, -0.2) is 4.79 Å². The Morgan fingerprint density at radius 3 is 1.46 bits per heavy atom. The van der Waals surface area contributed by atoms with Gasteiger partial charge in [0, 0.05) is 27.6 Å². The Hall–Kier alpha value is -5.15. The molecule has 0 radical (unpaired) electrons. The van der Waals surface area contributed by atoms with Gasteiger partial charge in [0.25, 0.3) is 0 Å². The molecular weight excluding hydrogens is 562 g/mol. The van der Waals surface area contributed by atoms with Gasteiger partial charge < -0.3 is 10.0 Å². The van der Waals surface area contributed by atoms with Crippen LogP contribution in [0.15, 0.2) is 109 Å². The maximum Gasteiger partial charge on any atom is 0.336 e. The zero-order chi connectivity index (χ0) is 32.1. The van der Waals surface area contributed by atoms with Crippen molar-refractivity contribution in [3.63, 3.8) is 0 Å². The van der Waals surface area contributed by atoms with E-state index in [1.165, 1.54) is 55.6 Å². The number of benzene rings is 6. The van der Waals surface area contributed by atoms with Gasteiger partial charge in [-0.05, 0) is 100 Å². The molecule has 2 aliphatic rings. The zero-order valence-electron chi connectivity index (χ0n) is 27.2. The molecule has 226 valence electrons. The van der Waals surface area contributed by atoms with Crippen molar-refractivity contribution in [2.75, 3.05) is 4.90 Å². The van der Waals surface area contributed by atoms with Gasteiger partial charge in [0.15, 0.2) is 0 Å². The monoisotopic (exact) mass is 599 g/mol. The minimum Gasteiger partial charge on any atom is -0.478 e. The molecule has 1 N–H and O–H groups in total. The number of nitrogens with zero attached hydrogens (tertiary/aromatic N) is 1. The number of anilines is 3. The standard InChI is InChI=1S/C43H37NO2/c1-25-11-15-30-32-17-13-27(23-38(32)42(3,4)36(30)21-25)44(40-20-19-35(41(45)46)29-9-7-8-10-34(29)40)28-14-18-33-31-16-12-26(2)22-37(31)43(5,6)39(33)24-28/h7-24H,1-6H3,(H,45,46). The lowest BCUT2D eigenvalue weighted by Crippen LogP contribution is -2.18. The van der Waals surface area contributed by atoms with Crippen LogP contribution in [-0.2, 0) is 10.8 Å². The molecule has 0 saturated heterocycles. The summed E-state index contributed by atoms with van der Waals surface area (Å²) in [6.07, 6.45) is 0. The summed E-state index contributed by atoms with van der Waals surface area (Å²) >= 11 is 0. The Balaban J connectivity index is 1.38. The van der Waals surface area contributed by atoms with Gasteiger partial charge in [0.1, 0.15) is 0 Å². The largest absolute Gasteiger partial charge is 0.478 e.